The van der Waals surface area contributed by atoms with Crippen molar-refractivity contribution in [2.24, 2.45) is 5.92 Å². The van der Waals surface area contributed by atoms with Gasteiger partial charge in [-0.1, -0.05) is 41.9 Å². The van der Waals surface area contributed by atoms with Crippen molar-refractivity contribution in [2.45, 2.75) is 31.2 Å². The minimum Gasteiger partial charge on any atom is -0.370 e. The number of piperazine rings is 1. The number of amides is 2. The van der Waals surface area contributed by atoms with Crippen LogP contribution in [0.4, 0.5) is 5.69 Å². The highest BCUT2D eigenvalue weighted by Gasteiger charge is 2.43. The first-order valence-electron chi connectivity index (χ1n) is 13.3. The van der Waals surface area contributed by atoms with Gasteiger partial charge in [-0.05, 0) is 31.0 Å². The predicted molar refractivity (Wildman–Crippen MR) is 148 cm³/mol. The second kappa shape index (κ2) is 9.92. The molecule has 1 aromatic heterocycles. The molecule has 2 aliphatic heterocycles. The van der Waals surface area contributed by atoms with Crippen LogP contribution in [0.3, 0.4) is 0 Å². The molecule has 6 rings (SSSR count). The first-order chi connectivity index (χ1) is 18.5. The first-order valence-corrected chi connectivity index (χ1v) is 13.7. The molecule has 3 heterocycles. The maximum Gasteiger partial charge on any atom is 0.260 e. The Morgan fingerprint density at radius 3 is 2.29 bits per heavy atom. The van der Waals surface area contributed by atoms with Gasteiger partial charge in [-0.2, -0.15) is 0 Å². The molecule has 0 unspecified atom stereocenters. The van der Waals surface area contributed by atoms with Gasteiger partial charge in [-0.15, -0.1) is 0 Å². The quantitative estimate of drug-likeness (QED) is 0.448. The van der Waals surface area contributed by atoms with Crippen molar-refractivity contribution in [3.05, 3.63) is 82.3 Å². The number of carbonyl (C=O) groups is 2. The zero-order valence-corrected chi connectivity index (χ0v) is 22.0. The molecule has 3 fully saturated rings. The number of pyridine rings is 1. The number of fused-ring (bicyclic) bond motifs is 1. The summed E-state index contributed by atoms with van der Waals surface area (Å²) in [5.41, 5.74) is 2.66. The van der Waals surface area contributed by atoms with E-state index in [0.29, 0.717) is 62.7 Å². The van der Waals surface area contributed by atoms with Crippen LogP contribution >= 0.6 is 11.6 Å². The third-order valence-electron chi connectivity index (χ3n) is 8.27. The number of anilines is 1. The number of carbonyl (C=O) groups excluding carboxylic acids is 2. The number of rotatable bonds is 4. The smallest absolute Gasteiger partial charge is 0.260 e. The van der Waals surface area contributed by atoms with Crippen molar-refractivity contribution in [2.75, 3.05) is 44.2 Å². The van der Waals surface area contributed by atoms with Crippen molar-refractivity contribution in [1.82, 2.24) is 14.8 Å². The fourth-order valence-electron chi connectivity index (χ4n) is 5.85. The maximum absolute atomic E-state index is 13.9. The van der Waals surface area contributed by atoms with Gasteiger partial charge in [0.05, 0.1) is 16.8 Å². The van der Waals surface area contributed by atoms with Crippen LogP contribution in [-0.4, -0.2) is 65.9 Å². The van der Waals surface area contributed by atoms with Crippen LogP contribution in [0.15, 0.2) is 54.7 Å². The van der Waals surface area contributed by atoms with Gasteiger partial charge in [-0.25, -0.2) is 6.57 Å². The standard InChI is InChI=1S/C30H30ClN5O2/c1-32-30(22-5-3-2-4-6-22)11-13-34(14-12-30)27-24-19-23(31)9-10-26(24)33-20-25(27)29(38)36-17-15-35(16-18-36)28(37)21-7-8-21/h2-6,9-10,19-21H,7-8,11-18H2. The molecule has 0 atom stereocenters. The van der Waals surface area contributed by atoms with Gasteiger partial charge in [0.25, 0.3) is 11.4 Å². The van der Waals surface area contributed by atoms with Gasteiger partial charge in [-0.3, -0.25) is 14.6 Å². The fraction of sp³-hybridized carbons (Fsp3) is 0.400. The Morgan fingerprint density at radius 1 is 0.947 bits per heavy atom. The third kappa shape index (κ3) is 4.48. The van der Waals surface area contributed by atoms with E-state index in [9.17, 15) is 9.59 Å². The van der Waals surface area contributed by atoms with Crippen LogP contribution in [0.25, 0.3) is 15.7 Å². The topological polar surface area (TPSA) is 61.1 Å². The van der Waals surface area contributed by atoms with Crippen LogP contribution in [0, 0.1) is 12.5 Å². The van der Waals surface area contributed by atoms with Gasteiger partial charge >= 0.3 is 0 Å². The van der Waals surface area contributed by atoms with Crippen LogP contribution in [0.1, 0.15) is 41.6 Å². The largest absolute Gasteiger partial charge is 0.370 e. The zero-order valence-electron chi connectivity index (χ0n) is 21.3. The molecule has 0 N–H and O–H groups in total. The SMILES string of the molecule is [C-]#[N+]C1(c2ccccc2)CCN(c2c(C(=O)N3CCN(C(=O)C4CC4)CC3)cnc3ccc(Cl)cc23)CC1. The van der Waals surface area contributed by atoms with Gasteiger partial charge in [0.2, 0.25) is 5.91 Å². The second-order valence-electron chi connectivity index (χ2n) is 10.6. The van der Waals surface area contributed by atoms with Crippen molar-refractivity contribution in [1.29, 1.82) is 0 Å². The highest BCUT2D eigenvalue weighted by molar-refractivity contribution is 6.31. The molecule has 3 aliphatic rings. The molecule has 2 amide bonds. The molecule has 38 heavy (non-hydrogen) atoms. The van der Waals surface area contributed by atoms with Crippen molar-refractivity contribution in [3.8, 4) is 0 Å². The lowest BCUT2D eigenvalue weighted by Crippen LogP contribution is -2.51. The van der Waals surface area contributed by atoms with E-state index in [1.807, 2.05) is 58.3 Å². The first kappa shape index (κ1) is 24.7. The van der Waals surface area contributed by atoms with Crippen LogP contribution in [-0.2, 0) is 10.3 Å². The van der Waals surface area contributed by atoms with Crippen molar-refractivity contribution >= 4 is 40.0 Å². The highest BCUT2D eigenvalue weighted by Crippen LogP contribution is 2.41. The lowest BCUT2D eigenvalue weighted by atomic mass is 9.81. The number of aromatic nitrogens is 1. The molecule has 0 bridgehead atoms. The predicted octanol–water partition coefficient (Wildman–Crippen LogP) is 5.00. The Kier molecular flexibility index (Phi) is 6.45. The summed E-state index contributed by atoms with van der Waals surface area (Å²) in [5, 5.41) is 1.44. The number of nitrogens with zero attached hydrogens (tertiary/aromatic N) is 5. The molecule has 3 aromatic rings. The van der Waals surface area contributed by atoms with E-state index in [2.05, 4.69) is 14.7 Å². The molecule has 1 aliphatic carbocycles. The van der Waals surface area contributed by atoms with Gasteiger partial charge in [0.1, 0.15) is 0 Å². The molecule has 8 heteroatoms. The Balaban J connectivity index is 1.29. The number of hydrogen-bond donors (Lipinski definition) is 0. The molecule has 1 saturated carbocycles. The molecule has 194 valence electrons. The van der Waals surface area contributed by atoms with Gasteiger partial charge in [0.15, 0.2) is 0 Å². The Morgan fingerprint density at radius 2 is 1.63 bits per heavy atom. The number of halogens is 1. The van der Waals surface area contributed by atoms with Gasteiger partial charge < -0.3 is 19.5 Å². The van der Waals surface area contributed by atoms with Crippen LogP contribution in [0.5, 0.6) is 0 Å². The number of piperidine rings is 1. The average molecular weight is 528 g/mol. The Hall–Kier alpha value is -3.63. The second-order valence-corrected chi connectivity index (χ2v) is 11.0. The average Bonchev–Trinajstić information content (AvgIpc) is 3.82. The summed E-state index contributed by atoms with van der Waals surface area (Å²) >= 11 is 6.42. The normalized spacial score (nSPS) is 19.3. The number of benzene rings is 2. The van der Waals surface area contributed by atoms with Crippen LogP contribution < -0.4 is 4.90 Å². The molecule has 2 saturated heterocycles. The molecule has 0 spiro atoms. The van der Waals surface area contributed by atoms with Crippen molar-refractivity contribution in [3.63, 3.8) is 0 Å². The molecule has 2 aromatic carbocycles. The molecular formula is C30H30ClN5O2. The summed E-state index contributed by atoms with van der Waals surface area (Å²) in [6.45, 7) is 11.5. The summed E-state index contributed by atoms with van der Waals surface area (Å²) < 4.78 is 0. The molecule has 0 radical (unpaired) electrons. The van der Waals surface area contributed by atoms with Crippen molar-refractivity contribution < 1.29 is 9.59 Å². The third-order valence-corrected chi connectivity index (χ3v) is 8.50. The maximum atomic E-state index is 13.9. The monoisotopic (exact) mass is 527 g/mol. The minimum atomic E-state index is -0.563. The van der Waals surface area contributed by atoms with E-state index in [1.165, 1.54) is 0 Å². The fourth-order valence-corrected chi connectivity index (χ4v) is 6.02. The van der Waals surface area contributed by atoms with E-state index >= 15 is 0 Å². The van der Waals surface area contributed by atoms with E-state index in [1.54, 1.807) is 6.20 Å². The lowest BCUT2D eigenvalue weighted by Gasteiger charge is -2.38. The minimum absolute atomic E-state index is 0.0713. The highest BCUT2D eigenvalue weighted by atomic mass is 35.5. The molecule has 7 nitrogen and oxygen atoms in total. The summed E-state index contributed by atoms with van der Waals surface area (Å²) in [6, 6.07) is 15.6. The summed E-state index contributed by atoms with van der Waals surface area (Å²) in [4.78, 5) is 41.1. The Labute approximate surface area is 227 Å². The van der Waals surface area contributed by atoms with E-state index in [0.717, 1.165) is 35.0 Å². The lowest BCUT2D eigenvalue weighted by molar-refractivity contribution is -0.134. The zero-order chi connectivity index (χ0) is 26.3. The molecular weight excluding hydrogens is 498 g/mol. The summed E-state index contributed by atoms with van der Waals surface area (Å²) in [7, 11) is 0. The van der Waals surface area contributed by atoms with Crippen LogP contribution in [0.2, 0.25) is 5.02 Å². The van der Waals surface area contributed by atoms with E-state index in [4.69, 9.17) is 18.2 Å². The summed E-state index contributed by atoms with van der Waals surface area (Å²) in [5.74, 6) is 0.351. The number of hydrogen-bond acceptors (Lipinski definition) is 4. The summed E-state index contributed by atoms with van der Waals surface area (Å²) in [6.07, 6.45) is 4.99. The Bertz CT molecular complexity index is 1420. The van der Waals surface area contributed by atoms with Gasteiger partial charge in [0, 0.05) is 80.2 Å². The van der Waals surface area contributed by atoms with E-state index < -0.39 is 5.54 Å². The van der Waals surface area contributed by atoms with E-state index in [-0.39, 0.29) is 17.7 Å².